The normalized spacial score (nSPS) is 12.2. The van der Waals surface area contributed by atoms with Crippen molar-refractivity contribution in [2.45, 2.75) is 19.9 Å². The molecule has 0 aliphatic rings. The number of nitriles is 1. The fourth-order valence-electron chi connectivity index (χ4n) is 1.51. The summed E-state index contributed by atoms with van der Waals surface area (Å²) in [4.78, 5) is 0. The minimum atomic E-state index is 0.202. The van der Waals surface area contributed by atoms with Crippen molar-refractivity contribution in [2.75, 3.05) is 19.0 Å². The highest BCUT2D eigenvalue weighted by Gasteiger charge is 2.14. The van der Waals surface area contributed by atoms with Crippen molar-refractivity contribution in [1.29, 1.82) is 5.26 Å². The fraction of sp³-hybridized carbons (Fsp3) is 0.462. The molecule has 0 heterocycles. The predicted octanol–water partition coefficient (Wildman–Crippen LogP) is 3.40. The lowest BCUT2D eigenvalue weighted by Gasteiger charge is -2.23. The molecule has 0 bridgehead atoms. The molecule has 1 rings (SSSR count). The molecule has 1 aromatic carbocycles. The van der Waals surface area contributed by atoms with E-state index in [9.17, 15) is 0 Å². The molecule has 0 amide bonds. The molecule has 0 spiro atoms. The Morgan fingerprint density at radius 1 is 1.47 bits per heavy atom. The maximum Gasteiger partial charge on any atom is 0.101 e. The van der Waals surface area contributed by atoms with Gasteiger partial charge in [0.15, 0.2) is 0 Å². The zero-order chi connectivity index (χ0) is 12.8. The predicted molar refractivity (Wildman–Crippen MR) is 73.0 cm³/mol. The fourth-order valence-corrected chi connectivity index (χ4v) is 1.88. The maximum atomic E-state index is 9.08. The van der Waals surface area contributed by atoms with E-state index in [1.165, 1.54) is 0 Å². The van der Waals surface area contributed by atoms with Gasteiger partial charge in [0.25, 0.3) is 0 Å². The number of anilines is 1. The van der Waals surface area contributed by atoms with Crippen molar-refractivity contribution in [3.05, 3.63) is 28.2 Å². The largest absolute Gasteiger partial charge is 0.383 e. The molecule has 1 unspecified atom stereocenters. The monoisotopic (exact) mass is 296 g/mol. The third kappa shape index (κ3) is 4.03. The van der Waals surface area contributed by atoms with E-state index in [0.717, 1.165) is 10.2 Å². The van der Waals surface area contributed by atoms with Crippen LogP contribution in [0.4, 0.5) is 5.69 Å². The van der Waals surface area contributed by atoms with Gasteiger partial charge in [-0.3, -0.25) is 0 Å². The molecule has 1 N–H and O–H groups in total. The van der Waals surface area contributed by atoms with Crippen LogP contribution in [-0.4, -0.2) is 19.8 Å². The van der Waals surface area contributed by atoms with Crippen LogP contribution in [0.1, 0.15) is 19.4 Å². The first-order chi connectivity index (χ1) is 8.08. The summed E-state index contributed by atoms with van der Waals surface area (Å²) in [5.41, 5.74) is 1.49. The number of hydrogen-bond donors (Lipinski definition) is 1. The quantitative estimate of drug-likeness (QED) is 0.906. The lowest BCUT2D eigenvalue weighted by molar-refractivity contribution is 0.171. The van der Waals surface area contributed by atoms with Gasteiger partial charge in [-0.1, -0.05) is 29.8 Å². The zero-order valence-corrected chi connectivity index (χ0v) is 11.9. The summed E-state index contributed by atoms with van der Waals surface area (Å²) in [6.07, 6.45) is 0. The van der Waals surface area contributed by atoms with Gasteiger partial charge in [0.1, 0.15) is 6.07 Å². The van der Waals surface area contributed by atoms with Gasteiger partial charge in [0.05, 0.1) is 23.9 Å². The number of nitrogens with one attached hydrogen (secondary N) is 1. The number of rotatable bonds is 5. The second-order valence-corrected chi connectivity index (χ2v) is 5.17. The number of nitrogens with zero attached hydrogens (tertiary/aromatic N) is 1. The summed E-state index contributed by atoms with van der Waals surface area (Å²) in [6.45, 7) is 4.88. The Morgan fingerprint density at radius 3 is 2.71 bits per heavy atom. The lowest BCUT2D eigenvalue weighted by atomic mass is 10.0. The molecule has 0 aliphatic carbocycles. The maximum absolute atomic E-state index is 9.08. The number of halogens is 1. The smallest absolute Gasteiger partial charge is 0.101 e. The van der Waals surface area contributed by atoms with E-state index in [2.05, 4.69) is 41.2 Å². The highest BCUT2D eigenvalue weighted by Crippen LogP contribution is 2.22. The Kier molecular flexibility index (Phi) is 5.46. The minimum absolute atomic E-state index is 0.202. The molecule has 1 aromatic rings. The summed E-state index contributed by atoms with van der Waals surface area (Å²) in [5, 5.41) is 12.4. The van der Waals surface area contributed by atoms with Crippen molar-refractivity contribution in [2.24, 2.45) is 5.92 Å². The Balaban J connectivity index is 2.89. The molecule has 17 heavy (non-hydrogen) atoms. The molecule has 92 valence electrons. The van der Waals surface area contributed by atoms with Crippen LogP contribution in [0.25, 0.3) is 0 Å². The van der Waals surface area contributed by atoms with Crippen LogP contribution in [0.5, 0.6) is 0 Å². The van der Waals surface area contributed by atoms with Crippen LogP contribution < -0.4 is 5.32 Å². The first-order valence-electron chi connectivity index (χ1n) is 5.53. The van der Waals surface area contributed by atoms with Gasteiger partial charge < -0.3 is 10.1 Å². The number of benzene rings is 1. The average molecular weight is 297 g/mol. The summed E-state index contributed by atoms with van der Waals surface area (Å²) in [5.74, 6) is 0.435. The molecule has 4 heteroatoms. The van der Waals surface area contributed by atoms with Gasteiger partial charge in [-0.25, -0.2) is 0 Å². The van der Waals surface area contributed by atoms with Crippen LogP contribution in [0, 0.1) is 17.2 Å². The van der Waals surface area contributed by atoms with Crippen molar-refractivity contribution in [3.8, 4) is 6.07 Å². The van der Waals surface area contributed by atoms with Gasteiger partial charge in [-0.2, -0.15) is 5.26 Å². The zero-order valence-electron chi connectivity index (χ0n) is 10.3. The standard InChI is InChI=1S/C13H17BrN2O/c1-9(2)13(8-17-3)16-12-5-4-11(14)6-10(12)7-15/h4-6,9,13,16H,8H2,1-3H3. The third-order valence-electron chi connectivity index (χ3n) is 2.59. The van der Waals surface area contributed by atoms with Crippen LogP contribution in [0.3, 0.4) is 0 Å². The van der Waals surface area contributed by atoms with E-state index in [1.807, 2.05) is 18.2 Å². The van der Waals surface area contributed by atoms with Gasteiger partial charge in [-0.15, -0.1) is 0 Å². The average Bonchev–Trinajstić information content (AvgIpc) is 2.30. The van der Waals surface area contributed by atoms with E-state index in [0.29, 0.717) is 18.1 Å². The van der Waals surface area contributed by atoms with E-state index < -0.39 is 0 Å². The molecule has 0 aromatic heterocycles. The molecular formula is C13H17BrN2O. The number of hydrogen-bond acceptors (Lipinski definition) is 3. The molecule has 0 saturated heterocycles. The van der Waals surface area contributed by atoms with E-state index in [-0.39, 0.29) is 6.04 Å². The van der Waals surface area contributed by atoms with Gasteiger partial charge in [-0.05, 0) is 24.1 Å². The molecule has 0 aliphatic heterocycles. The van der Waals surface area contributed by atoms with Crippen LogP contribution in [0.15, 0.2) is 22.7 Å². The molecule has 3 nitrogen and oxygen atoms in total. The minimum Gasteiger partial charge on any atom is -0.383 e. The Labute approximate surface area is 111 Å². The van der Waals surface area contributed by atoms with Crippen molar-refractivity contribution < 1.29 is 4.74 Å². The highest BCUT2D eigenvalue weighted by atomic mass is 79.9. The van der Waals surface area contributed by atoms with Crippen LogP contribution in [-0.2, 0) is 4.74 Å². The SMILES string of the molecule is COCC(Nc1ccc(Br)cc1C#N)C(C)C. The van der Waals surface area contributed by atoms with Crippen molar-refractivity contribution in [3.63, 3.8) is 0 Å². The van der Waals surface area contributed by atoms with Crippen LogP contribution in [0.2, 0.25) is 0 Å². The molecule has 0 saturated carbocycles. The number of ether oxygens (including phenoxy) is 1. The second-order valence-electron chi connectivity index (χ2n) is 4.25. The van der Waals surface area contributed by atoms with E-state index in [1.54, 1.807) is 7.11 Å². The van der Waals surface area contributed by atoms with Crippen molar-refractivity contribution in [1.82, 2.24) is 0 Å². The van der Waals surface area contributed by atoms with E-state index >= 15 is 0 Å². The first kappa shape index (κ1) is 14.0. The van der Waals surface area contributed by atoms with Gasteiger partial charge in [0.2, 0.25) is 0 Å². The Morgan fingerprint density at radius 2 is 2.18 bits per heavy atom. The lowest BCUT2D eigenvalue weighted by Crippen LogP contribution is -2.30. The Hall–Kier alpha value is -1.05. The van der Waals surface area contributed by atoms with Gasteiger partial charge in [0, 0.05) is 11.6 Å². The first-order valence-corrected chi connectivity index (χ1v) is 6.33. The summed E-state index contributed by atoms with van der Waals surface area (Å²) >= 11 is 3.36. The highest BCUT2D eigenvalue weighted by molar-refractivity contribution is 9.10. The second kappa shape index (κ2) is 6.63. The molecule has 0 radical (unpaired) electrons. The van der Waals surface area contributed by atoms with Crippen molar-refractivity contribution >= 4 is 21.6 Å². The summed E-state index contributed by atoms with van der Waals surface area (Å²) in [6, 6.07) is 8.04. The van der Waals surface area contributed by atoms with E-state index in [4.69, 9.17) is 10.00 Å². The summed E-state index contributed by atoms with van der Waals surface area (Å²) < 4.78 is 6.09. The molecular weight excluding hydrogens is 280 g/mol. The Bertz CT molecular complexity index is 412. The third-order valence-corrected chi connectivity index (χ3v) is 3.09. The topological polar surface area (TPSA) is 45.0 Å². The number of methoxy groups -OCH3 is 1. The molecule has 1 atom stereocenters. The van der Waals surface area contributed by atoms with Crippen LogP contribution >= 0.6 is 15.9 Å². The van der Waals surface area contributed by atoms with Gasteiger partial charge >= 0.3 is 0 Å². The summed E-state index contributed by atoms with van der Waals surface area (Å²) in [7, 11) is 1.68. The molecule has 0 fully saturated rings.